The number of imidazole rings is 1. The number of para-hydroxylation sites is 1. The molecule has 0 saturated carbocycles. The molecule has 1 fully saturated rings. The molecule has 1 aliphatic heterocycles. The van der Waals surface area contributed by atoms with Gasteiger partial charge >= 0.3 is 6.03 Å². The van der Waals surface area contributed by atoms with Crippen molar-refractivity contribution in [2.24, 2.45) is 13.0 Å². The third-order valence-electron chi connectivity index (χ3n) is 5.76. The maximum atomic E-state index is 13.9. The number of likely N-dealkylation sites (tertiary alicyclic amines) is 1. The Morgan fingerprint density at radius 1 is 1.09 bits per heavy atom. The van der Waals surface area contributed by atoms with Gasteiger partial charge in [0.25, 0.3) is 0 Å². The second-order valence-corrected chi connectivity index (χ2v) is 7.95. The van der Waals surface area contributed by atoms with Crippen LogP contribution in [0.2, 0.25) is 0 Å². The number of hydrogen-bond acceptors (Lipinski definition) is 3. The van der Waals surface area contributed by atoms with E-state index in [1.165, 1.54) is 12.1 Å². The third-order valence-corrected chi connectivity index (χ3v) is 5.76. The van der Waals surface area contributed by atoms with Crippen LogP contribution < -0.4 is 10.6 Å². The summed E-state index contributed by atoms with van der Waals surface area (Å²) in [5.41, 5.74) is 1.37. The summed E-state index contributed by atoms with van der Waals surface area (Å²) in [7, 11) is 1.84. The van der Waals surface area contributed by atoms with Gasteiger partial charge in [0.2, 0.25) is 5.91 Å². The molecular weight excluding hydrogens is 409 g/mol. The number of hydrogen-bond donors (Lipinski definition) is 2. The second kappa shape index (κ2) is 9.64. The Bertz CT molecular complexity index is 1080. The molecule has 7 nitrogen and oxygen atoms in total. The lowest BCUT2D eigenvalue weighted by Crippen LogP contribution is -2.45. The van der Waals surface area contributed by atoms with Crippen LogP contribution in [0.25, 0.3) is 0 Å². The van der Waals surface area contributed by atoms with Gasteiger partial charge in [-0.25, -0.2) is 14.2 Å². The summed E-state index contributed by atoms with van der Waals surface area (Å²) in [6, 6.07) is 14.7. The zero-order valence-electron chi connectivity index (χ0n) is 17.9. The van der Waals surface area contributed by atoms with Crippen molar-refractivity contribution in [3.63, 3.8) is 0 Å². The zero-order chi connectivity index (χ0) is 22.5. The standard InChI is InChI=1S/C24H26FN5O2/c1-29-15-12-26-22(29)21(18-6-5-7-19(25)16-18)28-23(31)17-10-13-30(14-11-17)24(32)27-20-8-3-2-4-9-20/h2-9,12,15-17,21H,10-11,13-14H2,1H3,(H,27,32)(H,28,31)/t21-/m1/s1. The van der Waals surface area contributed by atoms with Crippen LogP contribution in [0.3, 0.4) is 0 Å². The van der Waals surface area contributed by atoms with Gasteiger partial charge in [0.05, 0.1) is 0 Å². The van der Waals surface area contributed by atoms with Crippen LogP contribution in [0.4, 0.5) is 14.9 Å². The Morgan fingerprint density at radius 3 is 2.50 bits per heavy atom. The van der Waals surface area contributed by atoms with Gasteiger partial charge in [0.15, 0.2) is 0 Å². The van der Waals surface area contributed by atoms with Gasteiger partial charge in [0, 0.05) is 44.1 Å². The smallest absolute Gasteiger partial charge is 0.321 e. The van der Waals surface area contributed by atoms with Crippen LogP contribution in [0, 0.1) is 11.7 Å². The molecular formula is C24H26FN5O2. The minimum Gasteiger partial charge on any atom is -0.342 e. The first-order valence-corrected chi connectivity index (χ1v) is 10.7. The number of carbonyl (C=O) groups is 2. The fourth-order valence-corrected chi connectivity index (χ4v) is 3.97. The summed E-state index contributed by atoms with van der Waals surface area (Å²) in [6.07, 6.45) is 4.56. The molecule has 8 heteroatoms. The molecule has 2 N–H and O–H groups in total. The van der Waals surface area contributed by atoms with E-state index in [2.05, 4.69) is 15.6 Å². The largest absolute Gasteiger partial charge is 0.342 e. The van der Waals surface area contributed by atoms with E-state index < -0.39 is 6.04 Å². The highest BCUT2D eigenvalue weighted by molar-refractivity contribution is 5.89. The Labute approximate surface area is 186 Å². The molecule has 0 unspecified atom stereocenters. The van der Waals surface area contributed by atoms with Crippen molar-refractivity contribution in [1.29, 1.82) is 0 Å². The molecule has 0 spiro atoms. The Balaban J connectivity index is 1.39. The number of carbonyl (C=O) groups excluding carboxylic acids is 2. The van der Waals surface area contributed by atoms with Crippen LogP contribution in [0.15, 0.2) is 67.0 Å². The number of halogens is 1. The zero-order valence-corrected chi connectivity index (χ0v) is 17.9. The lowest BCUT2D eigenvalue weighted by atomic mass is 9.95. The molecule has 4 rings (SSSR count). The van der Waals surface area contributed by atoms with Crippen molar-refractivity contribution in [3.8, 4) is 0 Å². The number of anilines is 1. The summed E-state index contributed by atoms with van der Waals surface area (Å²) >= 11 is 0. The number of nitrogens with one attached hydrogen (secondary N) is 2. The highest BCUT2D eigenvalue weighted by Crippen LogP contribution is 2.24. The van der Waals surface area contributed by atoms with Crippen molar-refractivity contribution in [2.75, 3.05) is 18.4 Å². The van der Waals surface area contributed by atoms with Crippen molar-refractivity contribution < 1.29 is 14.0 Å². The minimum atomic E-state index is -0.558. The molecule has 3 amide bonds. The molecule has 3 aromatic rings. The van der Waals surface area contributed by atoms with Crippen LogP contribution in [-0.2, 0) is 11.8 Å². The van der Waals surface area contributed by atoms with E-state index in [-0.39, 0.29) is 23.7 Å². The van der Waals surface area contributed by atoms with Gasteiger partial charge in [-0.3, -0.25) is 4.79 Å². The maximum absolute atomic E-state index is 13.9. The summed E-state index contributed by atoms with van der Waals surface area (Å²) in [6.45, 7) is 0.980. The van der Waals surface area contributed by atoms with Gasteiger partial charge in [-0.15, -0.1) is 0 Å². The predicted molar refractivity (Wildman–Crippen MR) is 119 cm³/mol. The monoisotopic (exact) mass is 435 g/mol. The highest BCUT2D eigenvalue weighted by Gasteiger charge is 2.30. The van der Waals surface area contributed by atoms with Crippen LogP contribution >= 0.6 is 0 Å². The molecule has 0 radical (unpaired) electrons. The lowest BCUT2D eigenvalue weighted by molar-refractivity contribution is -0.126. The number of urea groups is 1. The van der Waals surface area contributed by atoms with E-state index in [1.54, 1.807) is 29.4 Å². The Kier molecular flexibility index (Phi) is 6.49. The van der Waals surface area contributed by atoms with E-state index in [4.69, 9.17) is 0 Å². The number of nitrogens with zero attached hydrogens (tertiary/aromatic N) is 3. The first-order chi connectivity index (χ1) is 15.5. The molecule has 1 aliphatic rings. The molecule has 2 heterocycles. The fourth-order valence-electron chi connectivity index (χ4n) is 3.97. The summed E-state index contributed by atoms with van der Waals surface area (Å²) in [5, 5.41) is 5.93. The van der Waals surface area contributed by atoms with Crippen LogP contribution in [0.5, 0.6) is 0 Å². The fraction of sp³-hybridized carbons (Fsp3) is 0.292. The SMILES string of the molecule is Cn1ccnc1[C@H](NC(=O)C1CCN(C(=O)Nc2ccccc2)CC1)c1cccc(F)c1. The third kappa shape index (κ3) is 4.96. The average Bonchev–Trinajstić information content (AvgIpc) is 3.23. The Hall–Kier alpha value is -3.68. The Morgan fingerprint density at radius 2 is 1.84 bits per heavy atom. The summed E-state index contributed by atoms with van der Waals surface area (Å²) < 4.78 is 15.7. The molecule has 1 atom stereocenters. The summed E-state index contributed by atoms with van der Waals surface area (Å²) in [4.78, 5) is 31.7. The van der Waals surface area contributed by atoms with E-state index in [9.17, 15) is 14.0 Å². The number of piperidine rings is 1. The normalized spacial score (nSPS) is 15.2. The molecule has 32 heavy (non-hydrogen) atoms. The van der Waals surface area contributed by atoms with E-state index in [0.29, 0.717) is 37.3 Å². The molecule has 1 aromatic heterocycles. The molecule has 1 saturated heterocycles. The second-order valence-electron chi connectivity index (χ2n) is 7.95. The average molecular weight is 436 g/mol. The van der Waals surface area contributed by atoms with Gasteiger partial charge < -0.3 is 20.1 Å². The number of rotatable bonds is 5. The maximum Gasteiger partial charge on any atom is 0.321 e. The topological polar surface area (TPSA) is 79.3 Å². The van der Waals surface area contributed by atoms with Gasteiger partial charge in [-0.05, 0) is 42.7 Å². The summed E-state index contributed by atoms with van der Waals surface area (Å²) in [5.74, 6) is -0.0881. The molecule has 166 valence electrons. The van der Waals surface area contributed by atoms with Crippen LogP contribution in [0.1, 0.15) is 30.3 Å². The lowest BCUT2D eigenvalue weighted by Gasteiger charge is -2.32. The minimum absolute atomic E-state index is 0.120. The first-order valence-electron chi connectivity index (χ1n) is 10.7. The first kappa shape index (κ1) is 21.5. The van der Waals surface area contributed by atoms with E-state index in [1.807, 2.05) is 41.9 Å². The molecule has 0 aliphatic carbocycles. The van der Waals surface area contributed by atoms with Gasteiger partial charge in [0.1, 0.15) is 17.7 Å². The van der Waals surface area contributed by atoms with Crippen molar-refractivity contribution >= 4 is 17.6 Å². The predicted octanol–water partition coefficient (Wildman–Crippen LogP) is 3.71. The molecule has 0 bridgehead atoms. The highest BCUT2D eigenvalue weighted by atomic mass is 19.1. The number of aromatic nitrogens is 2. The van der Waals surface area contributed by atoms with E-state index in [0.717, 1.165) is 5.69 Å². The van der Waals surface area contributed by atoms with Crippen LogP contribution in [-0.4, -0.2) is 39.5 Å². The van der Waals surface area contributed by atoms with Crippen molar-refractivity contribution in [1.82, 2.24) is 19.8 Å². The number of aryl methyl sites for hydroxylation is 1. The van der Waals surface area contributed by atoms with Gasteiger partial charge in [-0.1, -0.05) is 30.3 Å². The molecule has 2 aromatic carbocycles. The van der Waals surface area contributed by atoms with E-state index >= 15 is 0 Å². The van der Waals surface area contributed by atoms with Crippen molar-refractivity contribution in [2.45, 2.75) is 18.9 Å². The number of amides is 3. The van der Waals surface area contributed by atoms with Crippen molar-refractivity contribution in [3.05, 3.63) is 84.2 Å². The number of benzene rings is 2. The quantitative estimate of drug-likeness (QED) is 0.641. The van der Waals surface area contributed by atoms with Gasteiger partial charge in [-0.2, -0.15) is 0 Å².